The minimum Gasteiger partial charge on any atom is -0.493 e. The molecule has 0 heterocycles. The predicted molar refractivity (Wildman–Crippen MR) is 63.1 cm³/mol. The van der Waals surface area contributed by atoms with Crippen LogP contribution < -0.4 is 15.2 Å². The molecule has 1 aromatic carbocycles. The molecule has 108 valence electrons. The zero-order chi connectivity index (χ0) is 14.5. The number of halogens is 3. The maximum absolute atomic E-state index is 11.8. The van der Waals surface area contributed by atoms with Crippen LogP contribution in [0, 0.1) is 0 Å². The van der Waals surface area contributed by atoms with E-state index < -0.39 is 13.0 Å². The standard InChI is InChI=1S/C12H16F3NO3/c1-8(16)9-3-4-10(11(7-9)17-2)18-5-6-19-12(13,14)15/h3-4,7-8H,5-6,16H2,1-2H3/t8-/m1/s1. The second-order valence-electron chi connectivity index (χ2n) is 3.84. The largest absolute Gasteiger partial charge is 0.522 e. The average Bonchev–Trinajstić information content (AvgIpc) is 2.33. The highest BCUT2D eigenvalue weighted by Gasteiger charge is 2.28. The van der Waals surface area contributed by atoms with Gasteiger partial charge >= 0.3 is 6.36 Å². The van der Waals surface area contributed by atoms with Crippen LogP contribution in [-0.4, -0.2) is 26.7 Å². The molecule has 0 saturated carbocycles. The third-order valence-electron chi connectivity index (χ3n) is 2.32. The molecule has 0 amide bonds. The summed E-state index contributed by atoms with van der Waals surface area (Å²) in [6.07, 6.45) is -4.65. The maximum atomic E-state index is 11.8. The van der Waals surface area contributed by atoms with Gasteiger partial charge < -0.3 is 15.2 Å². The van der Waals surface area contributed by atoms with Crippen LogP contribution in [0.2, 0.25) is 0 Å². The molecule has 4 nitrogen and oxygen atoms in total. The number of benzene rings is 1. The van der Waals surface area contributed by atoms with Crippen molar-refractivity contribution in [2.24, 2.45) is 5.73 Å². The molecule has 0 radical (unpaired) electrons. The normalized spacial score (nSPS) is 13.2. The molecular weight excluding hydrogens is 263 g/mol. The summed E-state index contributed by atoms with van der Waals surface area (Å²) in [6.45, 7) is 1.00. The molecule has 0 unspecified atom stereocenters. The molecule has 0 bridgehead atoms. The van der Waals surface area contributed by atoms with Crippen LogP contribution in [-0.2, 0) is 4.74 Å². The Kier molecular flexibility index (Phi) is 5.44. The van der Waals surface area contributed by atoms with Gasteiger partial charge in [0, 0.05) is 6.04 Å². The van der Waals surface area contributed by atoms with Crippen LogP contribution in [0.3, 0.4) is 0 Å². The van der Waals surface area contributed by atoms with Crippen molar-refractivity contribution in [3.8, 4) is 11.5 Å². The van der Waals surface area contributed by atoms with Crippen molar-refractivity contribution < 1.29 is 27.4 Å². The van der Waals surface area contributed by atoms with Crippen LogP contribution in [0.25, 0.3) is 0 Å². The van der Waals surface area contributed by atoms with Gasteiger partial charge in [0.2, 0.25) is 0 Å². The first-order valence-corrected chi connectivity index (χ1v) is 5.60. The number of hydrogen-bond acceptors (Lipinski definition) is 4. The van der Waals surface area contributed by atoms with Gasteiger partial charge in [0.15, 0.2) is 11.5 Å². The van der Waals surface area contributed by atoms with Gasteiger partial charge in [0.1, 0.15) is 6.61 Å². The quantitative estimate of drug-likeness (QED) is 0.813. The Morgan fingerprint density at radius 3 is 2.42 bits per heavy atom. The third-order valence-corrected chi connectivity index (χ3v) is 2.32. The van der Waals surface area contributed by atoms with Crippen molar-refractivity contribution in [2.75, 3.05) is 20.3 Å². The van der Waals surface area contributed by atoms with E-state index >= 15 is 0 Å². The van der Waals surface area contributed by atoms with Crippen LogP contribution in [0.1, 0.15) is 18.5 Å². The molecule has 2 N–H and O–H groups in total. The van der Waals surface area contributed by atoms with Gasteiger partial charge in [-0.15, -0.1) is 13.2 Å². The summed E-state index contributed by atoms with van der Waals surface area (Å²) in [4.78, 5) is 0. The minimum atomic E-state index is -4.65. The summed E-state index contributed by atoms with van der Waals surface area (Å²) in [5.74, 6) is 0.763. The highest BCUT2D eigenvalue weighted by molar-refractivity contribution is 5.43. The Morgan fingerprint density at radius 2 is 1.89 bits per heavy atom. The molecule has 0 aliphatic heterocycles. The van der Waals surface area contributed by atoms with E-state index in [4.69, 9.17) is 15.2 Å². The number of ether oxygens (including phenoxy) is 3. The fourth-order valence-corrected chi connectivity index (χ4v) is 1.40. The van der Waals surface area contributed by atoms with Crippen molar-refractivity contribution in [3.63, 3.8) is 0 Å². The Bertz CT molecular complexity index is 408. The van der Waals surface area contributed by atoms with E-state index in [2.05, 4.69) is 4.74 Å². The van der Waals surface area contributed by atoms with E-state index in [1.165, 1.54) is 7.11 Å². The summed E-state index contributed by atoms with van der Waals surface area (Å²) in [5, 5.41) is 0. The molecule has 0 saturated heterocycles. The van der Waals surface area contributed by atoms with Crippen molar-refractivity contribution >= 4 is 0 Å². The van der Waals surface area contributed by atoms with Crippen LogP contribution in [0.15, 0.2) is 18.2 Å². The van der Waals surface area contributed by atoms with E-state index in [-0.39, 0.29) is 12.6 Å². The van der Waals surface area contributed by atoms with E-state index in [1.807, 2.05) is 6.92 Å². The van der Waals surface area contributed by atoms with Gasteiger partial charge in [-0.25, -0.2) is 0 Å². The first-order chi connectivity index (χ1) is 8.83. The lowest BCUT2D eigenvalue weighted by atomic mass is 10.1. The van der Waals surface area contributed by atoms with Gasteiger partial charge in [0.25, 0.3) is 0 Å². The molecule has 1 atom stereocenters. The van der Waals surface area contributed by atoms with Crippen molar-refractivity contribution in [3.05, 3.63) is 23.8 Å². The molecular formula is C12H16F3NO3. The average molecular weight is 279 g/mol. The van der Waals surface area contributed by atoms with Gasteiger partial charge in [-0.05, 0) is 24.6 Å². The maximum Gasteiger partial charge on any atom is 0.522 e. The molecule has 7 heteroatoms. The third kappa shape index (κ3) is 5.35. The molecule has 0 aromatic heterocycles. The van der Waals surface area contributed by atoms with E-state index in [0.717, 1.165) is 5.56 Å². The van der Waals surface area contributed by atoms with E-state index in [9.17, 15) is 13.2 Å². The molecule has 0 spiro atoms. The summed E-state index contributed by atoms with van der Waals surface area (Å²) < 4.78 is 49.1. The predicted octanol–water partition coefficient (Wildman–Crippen LogP) is 2.63. The fraction of sp³-hybridized carbons (Fsp3) is 0.500. The second-order valence-corrected chi connectivity index (χ2v) is 3.84. The first kappa shape index (κ1) is 15.6. The zero-order valence-electron chi connectivity index (χ0n) is 10.7. The summed E-state index contributed by atoms with van der Waals surface area (Å²) >= 11 is 0. The Labute approximate surface area is 109 Å². The number of methoxy groups -OCH3 is 1. The van der Waals surface area contributed by atoms with Gasteiger partial charge in [-0.3, -0.25) is 4.74 Å². The Hall–Kier alpha value is -1.47. The topological polar surface area (TPSA) is 53.7 Å². The smallest absolute Gasteiger partial charge is 0.493 e. The lowest BCUT2D eigenvalue weighted by molar-refractivity contribution is -0.325. The molecule has 0 fully saturated rings. The van der Waals surface area contributed by atoms with Crippen molar-refractivity contribution in [1.82, 2.24) is 0 Å². The SMILES string of the molecule is COc1cc([C@@H](C)N)ccc1OCCOC(F)(F)F. The number of rotatable bonds is 6. The summed E-state index contributed by atoms with van der Waals surface area (Å²) in [5.41, 5.74) is 6.56. The molecule has 0 aliphatic carbocycles. The van der Waals surface area contributed by atoms with E-state index in [0.29, 0.717) is 11.5 Å². The van der Waals surface area contributed by atoms with Crippen LogP contribution >= 0.6 is 0 Å². The molecule has 1 rings (SSSR count). The van der Waals surface area contributed by atoms with Crippen LogP contribution in [0.4, 0.5) is 13.2 Å². The van der Waals surface area contributed by atoms with Gasteiger partial charge in [0.05, 0.1) is 13.7 Å². The highest BCUT2D eigenvalue weighted by atomic mass is 19.4. The van der Waals surface area contributed by atoms with Gasteiger partial charge in [-0.2, -0.15) is 0 Å². The zero-order valence-corrected chi connectivity index (χ0v) is 10.7. The highest BCUT2D eigenvalue weighted by Crippen LogP contribution is 2.29. The number of nitrogens with two attached hydrogens (primary N) is 1. The lowest BCUT2D eigenvalue weighted by Crippen LogP contribution is -2.18. The fourth-order valence-electron chi connectivity index (χ4n) is 1.40. The Balaban J connectivity index is 2.58. The monoisotopic (exact) mass is 279 g/mol. The van der Waals surface area contributed by atoms with Crippen molar-refractivity contribution in [1.29, 1.82) is 0 Å². The minimum absolute atomic E-state index is 0.170. The first-order valence-electron chi connectivity index (χ1n) is 5.60. The van der Waals surface area contributed by atoms with Gasteiger partial charge in [-0.1, -0.05) is 6.07 Å². The molecule has 1 aromatic rings. The molecule has 19 heavy (non-hydrogen) atoms. The lowest BCUT2D eigenvalue weighted by Gasteiger charge is -2.14. The molecule has 0 aliphatic rings. The van der Waals surface area contributed by atoms with Crippen molar-refractivity contribution in [2.45, 2.75) is 19.3 Å². The second kappa shape index (κ2) is 6.63. The number of hydrogen-bond donors (Lipinski definition) is 1. The Morgan fingerprint density at radius 1 is 1.21 bits per heavy atom. The van der Waals surface area contributed by atoms with E-state index in [1.54, 1.807) is 18.2 Å². The summed E-state index contributed by atoms with van der Waals surface area (Å²) in [7, 11) is 1.44. The summed E-state index contributed by atoms with van der Waals surface area (Å²) in [6, 6.07) is 4.85. The van der Waals surface area contributed by atoms with Crippen LogP contribution in [0.5, 0.6) is 11.5 Å². The number of alkyl halides is 3.